The van der Waals surface area contributed by atoms with Crippen LogP contribution >= 0.6 is 23.4 Å². The summed E-state index contributed by atoms with van der Waals surface area (Å²) in [5.41, 5.74) is -0.810. The van der Waals surface area contributed by atoms with Crippen LogP contribution in [-0.2, 0) is 6.18 Å². The van der Waals surface area contributed by atoms with Crippen LogP contribution in [-0.4, -0.2) is 16.9 Å². The van der Waals surface area contributed by atoms with E-state index in [-0.39, 0.29) is 21.9 Å². The molecule has 0 bridgehead atoms. The molecule has 0 fully saturated rings. The molecule has 0 unspecified atom stereocenters. The van der Waals surface area contributed by atoms with Crippen molar-refractivity contribution in [2.24, 2.45) is 0 Å². The lowest BCUT2D eigenvalue weighted by Crippen LogP contribution is -2.10. The van der Waals surface area contributed by atoms with Crippen LogP contribution in [0.1, 0.15) is 11.1 Å². The second-order valence-electron chi connectivity index (χ2n) is 4.83. The first-order valence-corrected chi connectivity index (χ1v) is 8.12. The molecule has 0 aliphatic heterocycles. The summed E-state index contributed by atoms with van der Waals surface area (Å²) in [6.45, 7) is 0. The van der Waals surface area contributed by atoms with Gasteiger partial charge in [0.05, 0.1) is 10.6 Å². The fraction of sp³-hybridized carbons (Fsp3) is 0.188. The molecule has 0 N–H and O–H groups in total. The smallest absolute Gasteiger partial charge is 0.249 e. The Morgan fingerprint density at radius 1 is 0.960 bits per heavy atom. The topological polar surface area (TPSA) is 12.9 Å². The largest absolute Gasteiger partial charge is 0.427 e. The fourth-order valence-electron chi connectivity index (χ4n) is 1.86. The first-order chi connectivity index (χ1) is 11.6. The minimum atomic E-state index is -4.72. The average molecular weight is 398 g/mol. The van der Waals surface area contributed by atoms with Gasteiger partial charge in [0, 0.05) is 11.9 Å². The molecule has 0 aliphatic carbocycles. The van der Waals surface area contributed by atoms with E-state index in [1.165, 1.54) is 12.1 Å². The quantitative estimate of drug-likeness (QED) is 0.437. The summed E-state index contributed by atoms with van der Waals surface area (Å²) in [6.07, 6.45) is -8.61. The Morgan fingerprint density at radius 2 is 1.60 bits per heavy atom. The summed E-state index contributed by atoms with van der Waals surface area (Å²) in [5, 5.41) is -1.11. The summed E-state index contributed by atoms with van der Waals surface area (Å²) >= 11 is 6.35. The Balaban J connectivity index is 2.24. The van der Waals surface area contributed by atoms with Gasteiger partial charge in [0.2, 0.25) is 0 Å². The van der Waals surface area contributed by atoms with E-state index in [0.717, 1.165) is 23.9 Å². The van der Waals surface area contributed by atoms with Crippen LogP contribution in [0.25, 0.3) is 5.57 Å². The van der Waals surface area contributed by atoms with Gasteiger partial charge < -0.3 is 0 Å². The molecular weight excluding hydrogens is 388 g/mol. The third-order valence-electron chi connectivity index (χ3n) is 3.06. The van der Waals surface area contributed by atoms with Crippen molar-refractivity contribution in [3.63, 3.8) is 0 Å². The number of alkyl halides is 6. The van der Waals surface area contributed by atoms with Gasteiger partial charge in [-0.1, -0.05) is 41.9 Å². The van der Waals surface area contributed by atoms with Gasteiger partial charge in [0.15, 0.2) is 0 Å². The fourth-order valence-corrected chi connectivity index (χ4v) is 3.01. The van der Waals surface area contributed by atoms with Crippen molar-refractivity contribution in [1.82, 2.24) is 4.98 Å². The van der Waals surface area contributed by atoms with Crippen LogP contribution in [0.5, 0.6) is 0 Å². The van der Waals surface area contributed by atoms with E-state index >= 15 is 0 Å². The van der Waals surface area contributed by atoms with Crippen molar-refractivity contribution in [2.45, 2.75) is 17.4 Å². The van der Waals surface area contributed by atoms with Crippen molar-refractivity contribution in [1.29, 1.82) is 0 Å². The van der Waals surface area contributed by atoms with Crippen molar-refractivity contribution in [2.75, 3.05) is 5.75 Å². The number of rotatable bonds is 4. The zero-order valence-electron chi connectivity index (χ0n) is 12.3. The average Bonchev–Trinajstić information content (AvgIpc) is 2.54. The standard InChI is InChI=1S/C16H10ClF6NS/c17-14(16(21,22)23)12(10-4-2-1-3-5-10)9-25-13-7-6-11(8-24-13)15(18,19)20/h1-8H,9H2/b14-12-. The second kappa shape index (κ2) is 7.70. The molecule has 2 rings (SSSR count). The Morgan fingerprint density at radius 3 is 2.08 bits per heavy atom. The SMILES string of the molecule is FC(F)(F)/C(Cl)=C(\CSc1ccc(C(F)(F)F)cn1)c1ccccc1. The number of hydrogen-bond acceptors (Lipinski definition) is 2. The normalized spacial score (nSPS) is 13.6. The number of thioether (sulfide) groups is 1. The van der Waals surface area contributed by atoms with E-state index in [1.54, 1.807) is 18.2 Å². The Hall–Kier alpha value is -1.67. The van der Waals surface area contributed by atoms with Crippen LogP contribution in [0.15, 0.2) is 58.7 Å². The minimum absolute atomic E-state index is 0.160. The number of pyridine rings is 1. The van der Waals surface area contributed by atoms with Gasteiger partial charge in [0.25, 0.3) is 0 Å². The number of benzene rings is 1. The summed E-state index contributed by atoms with van der Waals surface area (Å²) in [7, 11) is 0. The van der Waals surface area contributed by atoms with Crippen LogP contribution in [0.4, 0.5) is 26.3 Å². The molecule has 0 saturated heterocycles. The lowest BCUT2D eigenvalue weighted by atomic mass is 10.1. The van der Waals surface area contributed by atoms with E-state index in [4.69, 9.17) is 11.6 Å². The van der Waals surface area contributed by atoms with E-state index in [1.807, 2.05) is 0 Å². The van der Waals surface area contributed by atoms with Gasteiger partial charge in [-0.2, -0.15) is 26.3 Å². The van der Waals surface area contributed by atoms with Gasteiger partial charge in [-0.25, -0.2) is 4.98 Å². The maximum Gasteiger partial charge on any atom is 0.427 e. The highest BCUT2D eigenvalue weighted by Crippen LogP contribution is 2.38. The van der Waals surface area contributed by atoms with Gasteiger partial charge in [-0.15, -0.1) is 11.8 Å². The van der Waals surface area contributed by atoms with Crippen LogP contribution in [0, 0.1) is 0 Å². The predicted octanol–water partition coefficient (Wildman–Crippen LogP) is 6.40. The Kier molecular flexibility index (Phi) is 6.05. The Bertz CT molecular complexity index is 738. The predicted molar refractivity (Wildman–Crippen MR) is 85.2 cm³/mol. The van der Waals surface area contributed by atoms with Crippen molar-refractivity contribution >= 4 is 28.9 Å². The van der Waals surface area contributed by atoms with Crippen molar-refractivity contribution < 1.29 is 26.3 Å². The van der Waals surface area contributed by atoms with E-state index < -0.39 is 22.9 Å². The van der Waals surface area contributed by atoms with Crippen molar-refractivity contribution in [3.8, 4) is 0 Å². The molecule has 0 radical (unpaired) electrons. The highest BCUT2D eigenvalue weighted by molar-refractivity contribution is 7.99. The third-order valence-corrected chi connectivity index (χ3v) is 4.48. The maximum absolute atomic E-state index is 13.0. The van der Waals surface area contributed by atoms with E-state index in [2.05, 4.69) is 4.98 Å². The summed E-state index contributed by atoms with van der Waals surface area (Å²) < 4.78 is 76.4. The summed E-state index contributed by atoms with van der Waals surface area (Å²) in [5.74, 6) is -0.194. The first-order valence-electron chi connectivity index (χ1n) is 6.76. The molecule has 0 spiro atoms. The number of nitrogens with zero attached hydrogens (tertiary/aromatic N) is 1. The molecule has 0 atom stereocenters. The number of allylic oxidation sites excluding steroid dienone is 1. The molecule has 25 heavy (non-hydrogen) atoms. The zero-order valence-corrected chi connectivity index (χ0v) is 13.9. The summed E-state index contributed by atoms with van der Waals surface area (Å²) in [6, 6.07) is 9.67. The third kappa shape index (κ3) is 5.40. The second-order valence-corrected chi connectivity index (χ2v) is 6.20. The number of hydrogen-bond donors (Lipinski definition) is 0. The molecule has 1 aromatic heterocycles. The van der Waals surface area contributed by atoms with Gasteiger partial charge >= 0.3 is 12.4 Å². The highest BCUT2D eigenvalue weighted by atomic mass is 35.5. The Labute approximate surface area is 148 Å². The maximum atomic E-state index is 13.0. The van der Waals surface area contributed by atoms with Gasteiger partial charge in [-0.3, -0.25) is 0 Å². The molecule has 1 aromatic carbocycles. The molecule has 1 heterocycles. The molecule has 134 valence electrons. The summed E-state index contributed by atoms with van der Waals surface area (Å²) in [4.78, 5) is 3.63. The lowest BCUT2D eigenvalue weighted by Gasteiger charge is -2.13. The molecule has 0 saturated carbocycles. The van der Waals surface area contributed by atoms with Gasteiger partial charge in [-0.05, 0) is 23.3 Å². The van der Waals surface area contributed by atoms with Crippen LogP contribution in [0.2, 0.25) is 0 Å². The number of halogens is 7. The van der Waals surface area contributed by atoms with Crippen LogP contribution < -0.4 is 0 Å². The molecule has 0 amide bonds. The van der Waals surface area contributed by atoms with E-state index in [9.17, 15) is 26.3 Å². The molecule has 0 aliphatic rings. The van der Waals surface area contributed by atoms with Crippen molar-refractivity contribution in [3.05, 3.63) is 64.8 Å². The first kappa shape index (κ1) is 19.7. The lowest BCUT2D eigenvalue weighted by molar-refractivity contribution is -0.137. The molecular formula is C16H10ClF6NS. The van der Waals surface area contributed by atoms with E-state index in [0.29, 0.717) is 6.20 Å². The minimum Gasteiger partial charge on any atom is -0.249 e. The molecule has 2 aromatic rings. The monoisotopic (exact) mass is 397 g/mol. The zero-order chi connectivity index (χ0) is 18.7. The highest BCUT2D eigenvalue weighted by Gasteiger charge is 2.35. The van der Waals surface area contributed by atoms with Crippen LogP contribution in [0.3, 0.4) is 0 Å². The molecule has 9 heteroatoms. The number of aromatic nitrogens is 1. The molecule has 1 nitrogen and oxygen atoms in total. The van der Waals surface area contributed by atoms with Gasteiger partial charge in [0.1, 0.15) is 5.03 Å².